The molecule has 0 spiro atoms. The van der Waals surface area contributed by atoms with E-state index >= 15 is 0 Å². The van der Waals surface area contributed by atoms with Gasteiger partial charge in [-0.15, -0.1) is 0 Å². The number of hydrogen-bond acceptors (Lipinski definition) is 4. The van der Waals surface area contributed by atoms with Crippen LogP contribution < -0.4 is 10.9 Å². The maximum atomic E-state index is 12.2. The minimum atomic E-state index is -0.300. The van der Waals surface area contributed by atoms with Gasteiger partial charge in [0.15, 0.2) is 0 Å². The zero-order valence-electron chi connectivity index (χ0n) is 14.9. The van der Waals surface area contributed by atoms with Crippen LogP contribution in [-0.2, 0) is 16.1 Å². The molecule has 138 valence electrons. The monoisotopic (exact) mass is 363 g/mol. The molecule has 1 atom stereocenters. The number of hydrogen-bond donors (Lipinski definition) is 1. The second kappa shape index (κ2) is 7.72. The van der Waals surface area contributed by atoms with Crippen LogP contribution in [0.4, 0.5) is 0 Å². The van der Waals surface area contributed by atoms with Crippen LogP contribution in [0.25, 0.3) is 22.0 Å². The Morgan fingerprint density at radius 1 is 1.15 bits per heavy atom. The Kier molecular flexibility index (Phi) is 4.98. The van der Waals surface area contributed by atoms with Gasteiger partial charge in [0.25, 0.3) is 5.56 Å². The van der Waals surface area contributed by atoms with Gasteiger partial charge < -0.3 is 10.1 Å². The van der Waals surface area contributed by atoms with Crippen molar-refractivity contribution in [2.24, 2.45) is 0 Å². The summed E-state index contributed by atoms with van der Waals surface area (Å²) in [7, 11) is 0. The third-order valence-electron chi connectivity index (χ3n) is 4.78. The summed E-state index contributed by atoms with van der Waals surface area (Å²) >= 11 is 0. The van der Waals surface area contributed by atoms with Crippen LogP contribution in [0.3, 0.4) is 0 Å². The summed E-state index contributed by atoms with van der Waals surface area (Å²) in [5.41, 5.74) is 1.30. The van der Waals surface area contributed by atoms with E-state index in [2.05, 4.69) is 10.4 Å². The van der Waals surface area contributed by atoms with Crippen molar-refractivity contribution in [1.82, 2.24) is 15.1 Å². The van der Waals surface area contributed by atoms with E-state index in [0.29, 0.717) is 12.2 Å². The summed E-state index contributed by atoms with van der Waals surface area (Å²) in [5, 5.41) is 9.41. The van der Waals surface area contributed by atoms with Gasteiger partial charge in [0.2, 0.25) is 5.91 Å². The van der Waals surface area contributed by atoms with Gasteiger partial charge >= 0.3 is 0 Å². The van der Waals surface area contributed by atoms with Crippen LogP contribution in [-0.4, -0.2) is 34.9 Å². The third kappa shape index (κ3) is 3.90. The number of ether oxygens (including phenoxy) is 1. The molecule has 1 fully saturated rings. The van der Waals surface area contributed by atoms with Gasteiger partial charge in [-0.3, -0.25) is 9.59 Å². The van der Waals surface area contributed by atoms with Crippen LogP contribution in [0.2, 0.25) is 0 Å². The number of nitrogens with one attached hydrogen (secondary N) is 1. The van der Waals surface area contributed by atoms with Gasteiger partial charge in [-0.1, -0.05) is 42.5 Å². The average Bonchev–Trinajstić information content (AvgIpc) is 3.21. The van der Waals surface area contributed by atoms with Gasteiger partial charge in [0, 0.05) is 24.8 Å². The number of amides is 1. The first-order valence-electron chi connectivity index (χ1n) is 9.15. The summed E-state index contributed by atoms with van der Waals surface area (Å²) in [5.74, 6) is -0.241. The van der Waals surface area contributed by atoms with Crippen LogP contribution in [0.5, 0.6) is 0 Å². The largest absolute Gasteiger partial charge is 0.376 e. The maximum Gasteiger partial charge on any atom is 0.267 e. The molecule has 0 radical (unpaired) electrons. The molecule has 1 saturated heterocycles. The first-order chi connectivity index (χ1) is 13.2. The highest BCUT2D eigenvalue weighted by atomic mass is 16.5. The Labute approximate surface area is 156 Å². The molecule has 1 amide bonds. The molecule has 6 nitrogen and oxygen atoms in total. The van der Waals surface area contributed by atoms with Crippen molar-refractivity contribution in [1.29, 1.82) is 0 Å². The normalized spacial score (nSPS) is 16.5. The van der Waals surface area contributed by atoms with Crippen molar-refractivity contribution in [3.05, 3.63) is 65.0 Å². The fraction of sp³-hybridized carbons (Fsp3) is 0.286. The molecule has 0 aliphatic carbocycles. The number of rotatable bonds is 5. The Balaban J connectivity index is 1.56. The molecule has 2 heterocycles. The molecule has 6 heteroatoms. The zero-order chi connectivity index (χ0) is 18.6. The summed E-state index contributed by atoms with van der Waals surface area (Å²) in [6, 6.07) is 17.1. The maximum absolute atomic E-state index is 12.2. The van der Waals surface area contributed by atoms with Gasteiger partial charge in [0.05, 0.1) is 11.8 Å². The second-order valence-electron chi connectivity index (χ2n) is 6.68. The average molecular weight is 363 g/mol. The lowest BCUT2D eigenvalue weighted by Gasteiger charge is -2.12. The predicted octanol–water partition coefficient (Wildman–Crippen LogP) is 2.36. The van der Waals surface area contributed by atoms with Gasteiger partial charge in [-0.2, -0.15) is 5.10 Å². The van der Waals surface area contributed by atoms with Crippen LogP contribution in [0, 0.1) is 0 Å². The topological polar surface area (TPSA) is 73.2 Å². The Morgan fingerprint density at radius 3 is 2.85 bits per heavy atom. The molecular weight excluding hydrogens is 342 g/mol. The highest BCUT2D eigenvalue weighted by molar-refractivity contribution is 5.95. The van der Waals surface area contributed by atoms with E-state index in [4.69, 9.17) is 4.74 Å². The highest BCUT2D eigenvalue weighted by Crippen LogP contribution is 2.26. The first kappa shape index (κ1) is 17.4. The van der Waals surface area contributed by atoms with Crippen molar-refractivity contribution >= 4 is 16.7 Å². The minimum Gasteiger partial charge on any atom is -0.376 e. The Bertz CT molecular complexity index is 1020. The van der Waals surface area contributed by atoms with Crippen molar-refractivity contribution < 1.29 is 9.53 Å². The molecule has 27 heavy (non-hydrogen) atoms. The molecule has 1 aliphatic rings. The van der Waals surface area contributed by atoms with E-state index in [-0.39, 0.29) is 24.1 Å². The van der Waals surface area contributed by atoms with Crippen LogP contribution >= 0.6 is 0 Å². The quantitative estimate of drug-likeness (QED) is 0.755. The summed E-state index contributed by atoms with van der Waals surface area (Å²) < 4.78 is 6.71. The molecule has 1 aromatic heterocycles. The zero-order valence-corrected chi connectivity index (χ0v) is 14.9. The molecule has 3 aromatic rings. The third-order valence-corrected chi connectivity index (χ3v) is 4.78. The minimum absolute atomic E-state index is 0.0700. The number of aromatic nitrogens is 2. The molecule has 0 bridgehead atoms. The predicted molar refractivity (Wildman–Crippen MR) is 103 cm³/mol. The van der Waals surface area contributed by atoms with Crippen LogP contribution in [0.15, 0.2) is 59.4 Å². The Hall–Kier alpha value is -2.99. The summed E-state index contributed by atoms with van der Waals surface area (Å²) in [4.78, 5) is 24.4. The number of fused-ring (bicyclic) bond motifs is 1. The van der Waals surface area contributed by atoms with Crippen molar-refractivity contribution in [2.45, 2.75) is 25.5 Å². The lowest BCUT2D eigenvalue weighted by molar-refractivity contribution is -0.122. The van der Waals surface area contributed by atoms with E-state index in [9.17, 15) is 9.59 Å². The fourth-order valence-electron chi connectivity index (χ4n) is 3.38. The van der Waals surface area contributed by atoms with E-state index in [1.807, 2.05) is 42.5 Å². The summed E-state index contributed by atoms with van der Waals surface area (Å²) in [6.45, 7) is 1.11. The van der Waals surface area contributed by atoms with E-state index < -0.39 is 0 Å². The SMILES string of the molecule is O=C(Cn1nc(-c2cccc3ccccc23)ccc1=O)NC[C@@H]1CCCO1. The molecule has 4 rings (SSSR count). The molecular formula is C21H21N3O3. The highest BCUT2D eigenvalue weighted by Gasteiger charge is 2.16. The molecule has 1 N–H and O–H groups in total. The lowest BCUT2D eigenvalue weighted by atomic mass is 10.0. The number of nitrogens with zero attached hydrogens (tertiary/aromatic N) is 2. The smallest absolute Gasteiger partial charge is 0.267 e. The van der Waals surface area contributed by atoms with E-state index in [0.717, 1.165) is 35.8 Å². The fourth-order valence-corrected chi connectivity index (χ4v) is 3.38. The number of carbonyl (C=O) groups excluding carboxylic acids is 1. The van der Waals surface area contributed by atoms with Gasteiger partial charge in [0.1, 0.15) is 6.54 Å². The number of carbonyl (C=O) groups is 1. The van der Waals surface area contributed by atoms with Crippen molar-refractivity contribution in [3.63, 3.8) is 0 Å². The van der Waals surface area contributed by atoms with E-state index in [1.165, 1.54) is 10.7 Å². The van der Waals surface area contributed by atoms with Crippen molar-refractivity contribution in [2.75, 3.05) is 13.2 Å². The number of benzene rings is 2. The molecule has 0 unspecified atom stereocenters. The van der Waals surface area contributed by atoms with Gasteiger partial charge in [-0.25, -0.2) is 4.68 Å². The molecule has 0 saturated carbocycles. The molecule has 1 aliphatic heterocycles. The summed E-state index contributed by atoms with van der Waals surface area (Å²) in [6.07, 6.45) is 2.05. The first-order valence-corrected chi connectivity index (χ1v) is 9.15. The van der Waals surface area contributed by atoms with Crippen LogP contribution in [0.1, 0.15) is 12.8 Å². The van der Waals surface area contributed by atoms with E-state index in [1.54, 1.807) is 6.07 Å². The standard InChI is InChI=1S/C21H21N3O3/c25-20(22-13-16-7-4-12-27-16)14-24-21(26)11-10-19(23-24)18-9-3-6-15-5-1-2-8-17(15)18/h1-3,5-6,8-11,16H,4,7,12-14H2,(H,22,25)/t16-/m0/s1. The Morgan fingerprint density at radius 2 is 2.00 bits per heavy atom. The van der Waals surface area contributed by atoms with Gasteiger partial charge in [-0.05, 0) is 29.7 Å². The van der Waals surface area contributed by atoms with Crippen molar-refractivity contribution in [3.8, 4) is 11.3 Å². The lowest BCUT2D eigenvalue weighted by Crippen LogP contribution is -2.37. The second-order valence-corrected chi connectivity index (χ2v) is 6.68. The molecule has 2 aromatic carbocycles.